The van der Waals surface area contributed by atoms with Gasteiger partial charge in [0.1, 0.15) is 0 Å². The van der Waals surface area contributed by atoms with Crippen molar-refractivity contribution in [2.75, 3.05) is 0 Å². The summed E-state index contributed by atoms with van der Waals surface area (Å²) in [5.74, 6) is 0. The Bertz CT molecular complexity index is 189. The van der Waals surface area contributed by atoms with Crippen LogP contribution in [0.3, 0.4) is 0 Å². The molecule has 0 N–H and O–H groups in total. The van der Waals surface area contributed by atoms with Gasteiger partial charge < -0.3 is 0 Å². The van der Waals surface area contributed by atoms with E-state index in [-0.39, 0.29) is 0 Å². The first-order valence-electron chi connectivity index (χ1n) is 3.22. The van der Waals surface area contributed by atoms with Gasteiger partial charge in [0.25, 0.3) is 0 Å². The summed E-state index contributed by atoms with van der Waals surface area (Å²) in [4.78, 5) is 0. The van der Waals surface area contributed by atoms with Gasteiger partial charge in [-0.1, -0.05) is 19.1 Å². The molecule has 0 atom stereocenters. The zero-order chi connectivity index (χ0) is 6.69. The molecule has 0 spiro atoms. The molecule has 9 heavy (non-hydrogen) atoms. The van der Waals surface area contributed by atoms with Crippen LogP contribution in [0.4, 0.5) is 0 Å². The average molecular weight is 118 g/mol. The Balaban J connectivity index is 2.94. The zero-order valence-electron chi connectivity index (χ0n) is 5.86. The van der Waals surface area contributed by atoms with Gasteiger partial charge in [0.05, 0.1) is 0 Å². The molecule has 2 radical (unpaired) electrons. The summed E-state index contributed by atoms with van der Waals surface area (Å²) in [5, 5.41) is 0. The molecule has 0 aromatic heterocycles. The summed E-state index contributed by atoms with van der Waals surface area (Å²) in [7, 11) is 0. The first-order chi connectivity index (χ1) is 4.33. The van der Waals surface area contributed by atoms with Gasteiger partial charge in [-0.05, 0) is 36.6 Å². The van der Waals surface area contributed by atoms with E-state index in [1.165, 1.54) is 5.56 Å². The lowest BCUT2D eigenvalue weighted by Gasteiger charge is -1.93. The molecule has 0 fully saturated rings. The van der Waals surface area contributed by atoms with E-state index in [0.29, 0.717) is 0 Å². The molecule has 0 nitrogen and oxygen atoms in total. The van der Waals surface area contributed by atoms with Crippen molar-refractivity contribution in [2.24, 2.45) is 0 Å². The molecule has 0 saturated heterocycles. The van der Waals surface area contributed by atoms with Crippen LogP contribution in [0.25, 0.3) is 0 Å². The molecule has 0 bridgehead atoms. The van der Waals surface area contributed by atoms with Crippen LogP contribution in [0.15, 0.2) is 12.1 Å². The molecule has 0 aliphatic heterocycles. The highest BCUT2D eigenvalue weighted by atomic mass is 13.9. The number of hydrogen-bond acceptors (Lipinski definition) is 0. The second-order valence-electron chi connectivity index (χ2n) is 2.11. The van der Waals surface area contributed by atoms with Gasteiger partial charge in [0, 0.05) is 0 Å². The fourth-order valence-corrected chi connectivity index (χ4v) is 0.792. The summed E-state index contributed by atoms with van der Waals surface area (Å²) in [5.41, 5.74) is 2.38. The summed E-state index contributed by atoms with van der Waals surface area (Å²) in [6.07, 6.45) is 1.06. The Morgan fingerprint density at radius 2 is 2.33 bits per heavy atom. The third-order valence-corrected chi connectivity index (χ3v) is 1.31. The van der Waals surface area contributed by atoms with E-state index in [2.05, 4.69) is 19.1 Å². The van der Waals surface area contributed by atoms with E-state index in [1.54, 1.807) is 0 Å². The average Bonchev–Trinajstić information content (AvgIpc) is 1.88. The Kier molecular flexibility index (Phi) is 1.88. The summed E-state index contributed by atoms with van der Waals surface area (Å²) in [6.45, 7) is 4.14. The van der Waals surface area contributed by atoms with E-state index in [1.807, 2.05) is 19.1 Å². The number of aryl methyl sites for hydroxylation is 2. The monoisotopic (exact) mass is 118 g/mol. The van der Waals surface area contributed by atoms with Gasteiger partial charge in [-0.25, -0.2) is 0 Å². The maximum atomic E-state index is 3.20. The Morgan fingerprint density at radius 1 is 1.56 bits per heavy atom. The minimum atomic E-state index is 1.06. The van der Waals surface area contributed by atoms with E-state index >= 15 is 0 Å². The van der Waals surface area contributed by atoms with Crippen LogP contribution < -0.4 is 0 Å². The number of benzene rings is 1. The van der Waals surface area contributed by atoms with Crippen molar-refractivity contribution in [1.29, 1.82) is 0 Å². The standard InChI is InChI=1S/C9H10/c1-3-9-6-4-5-8(2)7-9/h4,6H,3H2,1-2H3. The van der Waals surface area contributed by atoms with Crippen molar-refractivity contribution in [1.82, 2.24) is 0 Å². The minimum absolute atomic E-state index is 1.06. The van der Waals surface area contributed by atoms with Crippen molar-refractivity contribution in [3.05, 3.63) is 35.4 Å². The summed E-state index contributed by atoms with van der Waals surface area (Å²) in [6, 6.07) is 10.2. The summed E-state index contributed by atoms with van der Waals surface area (Å²) < 4.78 is 0. The van der Waals surface area contributed by atoms with Crippen LogP contribution in [-0.2, 0) is 6.42 Å². The highest BCUT2D eigenvalue weighted by Gasteiger charge is 1.87. The van der Waals surface area contributed by atoms with Gasteiger partial charge in [0.15, 0.2) is 0 Å². The molecule has 0 aliphatic rings. The van der Waals surface area contributed by atoms with Crippen LogP contribution in [-0.4, -0.2) is 0 Å². The highest BCUT2D eigenvalue weighted by molar-refractivity contribution is 5.18. The van der Waals surface area contributed by atoms with Crippen molar-refractivity contribution < 1.29 is 0 Å². The Morgan fingerprint density at radius 3 is 2.78 bits per heavy atom. The Labute approximate surface area is 56.5 Å². The predicted molar refractivity (Wildman–Crippen MR) is 38.2 cm³/mol. The largest absolute Gasteiger partial charge is 0.0613 e. The molecular formula is C9H10. The SMILES string of the molecule is CCc1[c]c(C)[c]cc1. The second kappa shape index (κ2) is 2.67. The van der Waals surface area contributed by atoms with E-state index < -0.39 is 0 Å². The van der Waals surface area contributed by atoms with Crippen molar-refractivity contribution in [2.45, 2.75) is 20.3 Å². The zero-order valence-corrected chi connectivity index (χ0v) is 5.86. The van der Waals surface area contributed by atoms with Crippen molar-refractivity contribution >= 4 is 0 Å². The maximum absolute atomic E-state index is 3.20. The molecule has 0 heterocycles. The fraction of sp³-hybridized carbons (Fsp3) is 0.333. The molecule has 1 aromatic carbocycles. The fourth-order valence-electron chi connectivity index (χ4n) is 0.792. The Hall–Kier alpha value is -0.780. The normalized spacial score (nSPS) is 9.56. The topological polar surface area (TPSA) is 0 Å². The third kappa shape index (κ3) is 1.56. The molecule has 0 unspecified atom stereocenters. The van der Waals surface area contributed by atoms with E-state index in [4.69, 9.17) is 0 Å². The predicted octanol–water partition coefficient (Wildman–Crippen LogP) is 2.16. The lowest BCUT2D eigenvalue weighted by atomic mass is 10.1. The van der Waals surface area contributed by atoms with E-state index in [0.717, 1.165) is 12.0 Å². The van der Waals surface area contributed by atoms with Crippen LogP contribution in [0.2, 0.25) is 0 Å². The molecular weight excluding hydrogens is 108 g/mol. The molecule has 46 valence electrons. The molecule has 1 rings (SSSR count). The third-order valence-electron chi connectivity index (χ3n) is 1.31. The van der Waals surface area contributed by atoms with Crippen molar-refractivity contribution in [3.8, 4) is 0 Å². The van der Waals surface area contributed by atoms with Gasteiger partial charge in [-0.15, -0.1) is 0 Å². The van der Waals surface area contributed by atoms with Gasteiger partial charge in [-0.3, -0.25) is 0 Å². The molecule has 0 saturated carbocycles. The van der Waals surface area contributed by atoms with Gasteiger partial charge >= 0.3 is 0 Å². The van der Waals surface area contributed by atoms with Crippen molar-refractivity contribution in [3.63, 3.8) is 0 Å². The van der Waals surface area contributed by atoms with Gasteiger partial charge in [0.2, 0.25) is 0 Å². The first kappa shape index (κ1) is 6.34. The lowest BCUT2D eigenvalue weighted by molar-refractivity contribution is 1.13. The van der Waals surface area contributed by atoms with Crippen LogP contribution in [0, 0.1) is 19.1 Å². The molecule has 1 aromatic rings. The first-order valence-corrected chi connectivity index (χ1v) is 3.22. The lowest BCUT2D eigenvalue weighted by Crippen LogP contribution is -1.80. The molecule has 0 heteroatoms. The minimum Gasteiger partial charge on any atom is -0.0613 e. The van der Waals surface area contributed by atoms with Gasteiger partial charge in [-0.2, -0.15) is 0 Å². The highest BCUT2D eigenvalue weighted by Crippen LogP contribution is 2.01. The molecule has 0 amide bonds. The second-order valence-corrected chi connectivity index (χ2v) is 2.11. The van der Waals surface area contributed by atoms with Crippen LogP contribution >= 0.6 is 0 Å². The van der Waals surface area contributed by atoms with E-state index in [9.17, 15) is 0 Å². The number of rotatable bonds is 1. The summed E-state index contributed by atoms with van der Waals surface area (Å²) >= 11 is 0. The smallest absolute Gasteiger partial charge is 0.0111 e. The van der Waals surface area contributed by atoms with Crippen LogP contribution in [0.1, 0.15) is 18.1 Å². The molecule has 0 aliphatic carbocycles. The quantitative estimate of drug-likeness (QED) is 0.530. The number of hydrogen-bond donors (Lipinski definition) is 0. The maximum Gasteiger partial charge on any atom is -0.0111 e. The van der Waals surface area contributed by atoms with Crippen LogP contribution in [0.5, 0.6) is 0 Å².